The summed E-state index contributed by atoms with van der Waals surface area (Å²) in [5.41, 5.74) is 1.16. The summed E-state index contributed by atoms with van der Waals surface area (Å²) in [7, 11) is 0. The Balaban J connectivity index is 1.51. The Hall–Kier alpha value is -2.80. The Labute approximate surface area is 145 Å². The van der Waals surface area contributed by atoms with Crippen LogP contribution in [0.4, 0.5) is 11.5 Å². The number of aliphatic hydroxyl groups is 1. The first-order valence-electron chi connectivity index (χ1n) is 8.29. The molecule has 1 saturated heterocycles. The predicted octanol–water partition coefficient (Wildman–Crippen LogP) is 2.02. The number of fused-ring (bicyclic) bond motifs is 1. The van der Waals surface area contributed by atoms with Gasteiger partial charge in [-0.15, -0.1) is 0 Å². The summed E-state index contributed by atoms with van der Waals surface area (Å²) in [5.74, 6) is 1.79. The molecule has 0 aliphatic carbocycles. The maximum absolute atomic E-state index is 12.6. The molecule has 2 aromatic rings. The summed E-state index contributed by atoms with van der Waals surface area (Å²) in [4.78, 5) is 19.0. The van der Waals surface area contributed by atoms with E-state index >= 15 is 0 Å². The van der Waals surface area contributed by atoms with Gasteiger partial charge < -0.3 is 24.8 Å². The van der Waals surface area contributed by atoms with Gasteiger partial charge in [-0.2, -0.15) is 0 Å². The van der Waals surface area contributed by atoms with Gasteiger partial charge in [-0.05, 0) is 37.1 Å². The fraction of sp³-hybridized carbons (Fsp3) is 0.333. The molecule has 2 aliphatic rings. The van der Waals surface area contributed by atoms with Crippen molar-refractivity contribution in [2.45, 2.75) is 18.9 Å². The van der Waals surface area contributed by atoms with E-state index in [0.717, 1.165) is 25.2 Å². The number of aliphatic hydroxyl groups excluding tert-OH is 1. The molecule has 25 heavy (non-hydrogen) atoms. The normalized spacial score (nSPS) is 18.4. The van der Waals surface area contributed by atoms with Crippen LogP contribution in [0.15, 0.2) is 36.5 Å². The zero-order valence-corrected chi connectivity index (χ0v) is 13.6. The van der Waals surface area contributed by atoms with Crippen LogP contribution < -0.4 is 19.7 Å². The van der Waals surface area contributed by atoms with E-state index in [1.807, 2.05) is 0 Å². The first-order chi connectivity index (χ1) is 12.2. The number of hydrogen-bond donors (Lipinski definition) is 2. The number of carbonyl (C=O) groups is 1. The molecule has 1 aromatic carbocycles. The summed E-state index contributed by atoms with van der Waals surface area (Å²) < 4.78 is 10.6. The quantitative estimate of drug-likeness (QED) is 0.885. The van der Waals surface area contributed by atoms with Crippen LogP contribution in [0.1, 0.15) is 23.2 Å². The third-order valence-electron chi connectivity index (χ3n) is 4.52. The molecule has 1 aromatic heterocycles. The van der Waals surface area contributed by atoms with E-state index in [4.69, 9.17) is 9.47 Å². The lowest BCUT2D eigenvalue weighted by Gasteiger charge is -2.24. The summed E-state index contributed by atoms with van der Waals surface area (Å²) >= 11 is 0. The molecule has 3 heterocycles. The zero-order chi connectivity index (χ0) is 17.2. The number of amides is 1. The number of anilines is 2. The molecule has 1 fully saturated rings. The minimum absolute atomic E-state index is 0.0691. The van der Waals surface area contributed by atoms with Gasteiger partial charge in [-0.3, -0.25) is 4.79 Å². The van der Waals surface area contributed by atoms with Crippen molar-refractivity contribution in [2.75, 3.05) is 30.2 Å². The molecular formula is C18H19N3O4. The number of carbonyl (C=O) groups excluding carboxylic acids is 1. The molecule has 7 nitrogen and oxygen atoms in total. The first kappa shape index (κ1) is 15.7. The highest BCUT2D eigenvalue weighted by Gasteiger charge is 2.25. The number of nitrogens with zero attached hydrogens (tertiary/aromatic N) is 2. The molecule has 130 valence electrons. The van der Waals surface area contributed by atoms with Crippen LogP contribution in [0.2, 0.25) is 0 Å². The Morgan fingerprint density at radius 3 is 3.04 bits per heavy atom. The van der Waals surface area contributed by atoms with E-state index in [1.165, 1.54) is 0 Å². The van der Waals surface area contributed by atoms with Crippen molar-refractivity contribution in [3.05, 3.63) is 42.1 Å². The van der Waals surface area contributed by atoms with Crippen molar-refractivity contribution in [2.24, 2.45) is 0 Å². The second kappa shape index (κ2) is 6.60. The highest BCUT2D eigenvalue weighted by atomic mass is 16.7. The second-order valence-corrected chi connectivity index (χ2v) is 6.10. The lowest BCUT2D eigenvalue weighted by molar-refractivity contribution is 0.102. The van der Waals surface area contributed by atoms with E-state index < -0.39 is 0 Å². The summed E-state index contributed by atoms with van der Waals surface area (Å²) in [6, 6.07) is 8.79. The Bertz CT molecular complexity index is 796. The Kier molecular flexibility index (Phi) is 4.15. The lowest BCUT2D eigenvalue weighted by atomic mass is 10.2. The molecule has 2 N–H and O–H groups in total. The van der Waals surface area contributed by atoms with Gasteiger partial charge in [0.25, 0.3) is 5.91 Å². The van der Waals surface area contributed by atoms with Crippen LogP contribution in [0.25, 0.3) is 0 Å². The van der Waals surface area contributed by atoms with Gasteiger partial charge in [0.05, 0.1) is 12.6 Å². The van der Waals surface area contributed by atoms with Gasteiger partial charge in [-0.1, -0.05) is 0 Å². The second-order valence-electron chi connectivity index (χ2n) is 6.10. The maximum atomic E-state index is 12.6. The van der Waals surface area contributed by atoms with Gasteiger partial charge >= 0.3 is 0 Å². The van der Waals surface area contributed by atoms with Crippen molar-refractivity contribution in [1.82, 2.24) is 4.98 Å². The molecule has 7 heteroatoms. The first-order valence-corrected chi connectivity index (χ1v) is 8.29. The number of benzene rings is 1. The van der Waals surface area contributed by atoms with Crippen molar-refractivity contribution < 1.29 is 19.4 Å². The zero-order valence-electron chi connectivity index (χ0n) is 13.6. The molecule has 0 saturated carbocycles. The summed E-state index contributed by atoms with van der Waals surface area (Å²) in [6.07, 6.45) is 3.57. The maximum Gasteiger partial charge on any atom is 0.255 e. The van der Waals surface area contributed by atoms with Crippen LogP contribution in [0.3, 0.4) is 0 Å². The smallest absolute Gasteiger partial charge is 0.255 e. The fourth-order valence-corrected chi connectivity index (χ4v) is 3.22. The van der Waals surface area contributed by atoms with Crippen molar-refractivity contribution in [1.29, 1.82) is 0 Å². The Morgan fingerprint density at radius 1 is 1.28 bits per heavy atom. The van der Waals surface area contributed by atoms with Crippen LogP contribution in [-0.2, 0) is 0 Å². The largest absolute Gasteiger partial charge is 0.454 e. The van der Waals surface area contributed by atoms with E-state index in [0.29, 0.717) is 22.7 Å². The lowest BCUT2D eigenvalue weighted by Crippen LogP contribution is -2.32. The highest BCUT2D eigenvalue weighted by Crippen LogP contribution is 2.34. The van der Waals surface area contributed by atoms with Gasteiger partial charge in [0, 0.05) is 30.1 Å². The monoisotopic (exact) mass is 341 g/mol. The number of hydrogen-bond acceptors (Lipinski definition) is 6. The van der Waals surface area contributed by atoms with Gasteiger partial charge in [0.1, 0.15) is 5.82 Å². The molecule has 0 bridgehead atoms. The van der Waals surface area contributed by atoms with Crippen LogP contribution >= 0.6 is 0 Å². The van der Waals surface area contributed by atoms with E-state index in [9.17, 15) is 9.90 Å². The molecule has 1 atom stereocenters. The van der Waals surface area contributed by atoms with Gasteiger partial charge in [-0.25, -0.2) is 4.98 Å². The molecule has 1 unspecified atom stereocenters. The molecule has 0 radical (unpaired) electrons. The minimum atomic E-state index is -0.220. The molecule has 1 amide bonds. The van der Waals surface area contributed by atoms with Crippen LogP contribution in [0, 0.1) is 0 Å². The number of nitrogens with one attached hydrogen (secondary N) is 1. The minimum Gasteiger partial charge on any atom is -0.454 e. The predicted molar refractivity (Wildman–Crippen MR) is 92.2 cm³/mol. The van der Waals surface area contributed by atoms with Crippen LogP contribution in [-0.4, -0.2) is 42.0 Å². The summed E-state index contributed by atoms with van der Waals surface area (Å²) in [5, 5.41) is 12.3. The number of aromatic nitrogens is 1. The third kappa shape index (κ3) is 3.10. The van der Waals surface area contributed by atoms with E-state index in [-0.39, 0.29) is 25.3 Å². The molecule has 0 spiro atoms. The van der Waals surface area contributed by atoms with Crippen molar-refractivity contribution in [3.8, 4) is 11.5 Å². The van der Waals surface area contributed by atoms with Crippen molar-refractivity contribution in [3.63, 3.8) is 0 Å². The highest BCUT2D eigenvalue weighted by molar-refractivity contribution is 6.04. The number of pyridine rings is 1. The Morgan fingerprint density at radius 2 is 2.16 bits per heavy atom. The van der Waals surface area contributed by atoms with Crippen molar-refractivity contribution >= 4 is 17.4 Å². The van der Waals surface area contributed by atoms with E-state index in [2.05, 4.69) is 15.2 Å². The molecular weight excluding hydrogens is 322 g/mol. The van der Waals surface area contributed by atoms with Gasteiger partial charge in [0.15, 0.2) is 11.5 Å². The number of ether oxygens (including phenoxy) is 2. The number of rotatable bonds is 4. The van der Waals surface area contributed by atoms with Gasteiger partial charge in [0.2, 0.25) is 6.79 Å². The summed E-state index contributed by atoms with van der Waals surface area (Å²) in [6.45, 7) is 1.13. The third-order valence-corrected chi connectivity index (χ3v) is 4.52. The van der Waals surface area contributed by atoms with Crippen LogP contribution in [0.5, 0.6) is 11.5 Å². The average molecular weight is 341 g/mol. The molecule has 4 rings (SSSR count). The average Bonchev–Trinajstić information content (AvgIpc) is 3.30. The topological polar surface area (TPSA) is 83.9 Å². The van der Waals surface area contributed by atoms with E-state index in [1.54, 1.807) is 36.5 Å². The molecule has 2 aliphatic heterocycles. The standard InChI is InChI=1S/C18H19N3O4/c22-10-14-2-1-7-21(14)17-8-12(5-6-19-17)18(23)20-13-3-4-15-16(9-13)25-11-24-15/h3-6,8-9,14,22H,1-2,7,10-11H2,(H,20,23). The fourth-order valence-electron chi connectivity index (χ4n) is 3.22. The SMILES string of the molecule is O=C(Nc1ccc2c(c1)OCO2)c1ccnc(N2CCCC2CO)c1.